The Bertz CT molecular complexity index is 935. The van der Waals surface area contributed by atoms with Gasteiger partial charge in [0.1, 0.15) is 11.5 Å². The fraction of sp³-hybridized carbons (Fsp3) is 0.211. The van der Waals surface area contributed by atoms with Gasteiger partial charge in [-0.1, -0.05) is 0 Å². The van der Waals surface area contributed by atoms with Crippen molar-refractivity contribution in [2.24, 2.45) is 0 Å². The van der Waals surface area contributed by atoms with E-state index in [-0.39, 0.29) is 5.82 Å². The molecule has 0 aliphatic heterocycles. The van der Waals surface area contributed by atoms with Crippen molar-refractivity contribution >= 4 is 17.6 Å². The molecule has 134 valence electrons. The van der Waals surface area contributed by atoms with E-state index in [4.69, 9.17) is 4.74 Å². The van der Waals surface area contributed by atoms with Gasteiger partial charge in [-0.05, 0) is 56.7 Å². The molecule has 0 aliphatic rings. The largest absolute Gasteiger partial charge is 0.461 e. The molecular formula is C19H19FN4O2. The molecule has 3 rings (SSSR count). The number of anilines is 2. The fourth-order valence-electron chi connectivity index (χ4n) is 2.76. The van der Waals surface area contributed by atoms with Gasteiger partial charge < -0.3 is 15.0 Å². The highest BCUT2D eigenvalue weighted by molar-refractivity contribution is 5.92. The molecule has 2 aromatic heterocycles. The molecule has 0 unspecified atom stereocenters. The Balaban J connectivity index is 1.93. The van der Waals surface area contributed by atoms with E-state index in [0.717, 1.165) is 16.8 Å². The molecular weight excluding hydrogens is 335 g/mol. The number of hydrogen-bond acceptors (Lipinski definition) is 5. The summed E-state index contributed by atoms with van der Waals surface area (Å²) >= 11 is 0. The van der Waals surface area contributed by atoms with E-state index < -0.39 is 5.97 Å². The maximum Gasteiger partial charge on any atom is 0.355 e. The number of hydrogen-bond donors (Lipinski definition) is 2. The zero-order valence-corrected chi connectivity index (χ0v) is 14.8. The number of esters is 1. The van der Waals surface area contributed by atoms with Crippen LogP contribution in [-0.4, -0.2) is 27.5 Å². The second-order valence-corrected chi connectivity index (χ2v) is 5.74. The van der Waals surface area contributed by atoms with Crippen LogP contribution in [0.4, 0.5) is 16.0 Å². The van der Waals surface area contributed by atoms with Crippen LogP contribution in [-0.2, 0) is 4.74 Å². The first-order valence-electron chi connectivity index (χ1n) is 8.22. The Kier molecular flexibility index (Phi) is 4.97. The lowest BCUT2D eigenvalue weighted by Gasteiger charge is -2.07. The van der Waals surface area contributed by atoms with E-state index in [2.05, 4.69) is 20.3 Å². The molecule has 7 heteroatoms. The van der Waals surface area contributed by atoms with Gasteiger partial charge in [0, 0.05) is 23.1 Å². The fourth-order valence-corrected chi connectivity index (χ4v) is 2.76. The molecule has 6 nitrogen and oxygen atoms in total. The lowest BCUT2D eigenvalue weighted by molar-refractivity contribution is 0.0519. The van der Waals surface area contributed by atoms with Crippen LogP contribution in [0.3, 0.4) is 0 Å². The van der Waals surface area contributed by atoms with Gasteiger partial charge in [-0.25, -0.2) is 19.2 Å². The summed E-state index contributed by atoms with van der Waals surface area (Å²) in [6.07, 6.45) is 1.63. The second-order valence-electron chi connectivity index (χ2n) is 5.74. The molecule has 0 atom stereocenters. The molecule has 3 aromatic rings. The minimum Gasteiger partial charge on any atom is -0.461 e. The van der Waals surface area contributed by atoms with Crippen molar-refractivity contribution in [2.45, 2.75) is 20.8 Å². The number of aromatic nitrogens is 3. The molecule has 0 amide bonds. The molecule has 0 spiro atoms. The smallest absolute Gasteiger partial charge is 0.355 e. The summed E-state index contributed by atoms with van der Waals surface area (Å²) in [5, 5.41) is 3.04. The standard InChI is InChI=1S/C19H19FN4O2/c1-4-26-18(25)17-11(2)16(12(3)22-17)15-9-10-21-19(24-15)23-14-7-5-13(20)6-8-14/h5-10,22H,4H2,1-3H3,(H,21,23,24). The molecule has 26 heavy (non-hydrogen) atoms. The topological polar surface area (TPSA) is 79.9 Å². The van der Waals surface area contributed by atoms with Crippen molar-refractivity contribution in [3.05, 3.63) is 59.3 Å². The molecule has 1 aromatic carbocycles. The molecule has 0 saturated carbocycles. The first-order chi connectivity index (χ1) is 12.5. The van der Waals surface area contributed by atoms with Crippen molar-refractivity contribution in [3.63, 3.8) is 0 Å². The van der Waals surface area contributed by atoms with Crippen molar-refractivity contribution in [2.75, 3.05) is 11.9 Å². The van der Waals surface area contributed by atoms with E-state index in [0.29, 0.717) is 29.6 Å². The average molecular weight is 354 g/mol. The highest BCUT2D eigenvalue weighted by atomic mass is 19.1. The van der Waals surface area contributed by atoms with Gasteiger partial charge >= 0.3 is 5.97 Å². The molecule has 0 bridgehead atoms. The van der Waals surface area contributed by atoms with Gasteiger partial charge in [0.15, 0.2) is 0 Å². The van der Waals surface area contributed by atoms with Crippen molar-refractivity contribution in [1.29, 1.82) is 0 Å². The summed E-state index contributed by atoms with van der Waals surface area (Å²) < 4.78 is 18.1. The SMILES string of the molecule is CCOC(=O)c1[nH]c(C)c(-c2ccnc(Nc3ccc(F)cc3)n2)c1C. The summed E-state index contributed by atoms with van der Waals surface area (Å²) in [6.45, 7) is 5.80. The lowest BCUT2D eigenvalue weighted by Crippen LogP contribution is -2.06. The summed E-state index contributed by atoms with van der Waals surface area (Å²) in [5.74, 6) is -0.319. The number of nitrogens with one attached hydrogen (secondary N) is 2. The van der Waals surface area contributed by atoms with Crippen LogP contribution >= 0.6 is 0 Å². The highest BCUT2D eigenvalue weighted by Crippen LogP contribution is 2.29. The second kappa shape index (κ2) is 7.35. The number of halogens is 1. The van der Waals surface area contributed by atoms with Gasteiger partial charge in [0.2, 0.25) is 5.95 Å². The third-order valence-corrected chi connectivity index (χ3v) is 3.93. The maximum absolute atomic E-state index is 13.0. The number of H-pyrrole nitrogens is 1. The van der Waals surface area contributed by atoms with Gasteiger partial charge in [0.05, 0.1) is 12.3 Å². The number of rotatable bonds is 5. The van der Waals surface area contributed by atoms with E-state index in [1.807, 2.05) is 13.8 Å². The Labute approximate surface area is 150 Å². The number of benzene rings is 1. The first-order valence-corrected chi connectivity index (χ1v) is 8.22. The number of carbonyl (C=O) groups excluding carboxylic acids is 1. The number of aryl methyl sites for hydroxylation is 1. The molecule has 0 radical (unpaired) electrons. The monoisotopic (exact) mass is 354 g/mol. The Morgan fingerprint density at radius 2 is 1.96 bits per heavy atom. The van der Waals surface area contributed by atoms with E-state index in [1.165, 1.54) is 12.1 Å². The quantitative estimate of drug-likeness (QED) is 0.673. The van der Waals surface area contributed by atoms with Crippen molar-refractivity contribution in [1.82, 2.24) is 15.0 Å². The van der Waals surface area contributed by atoms with Crippen LogP contribution in [0.5, 0.6) is 0 Å². The minimum absolute atomic E-state index is 0.310. The molecule has 0 saturated heterocycles. The van der Waals surface area contributed by atoms with Crippen LogP contribution in [0.15, 0.2) is 36.5 Å². The predicted octanol–water partition coefficient (Wildman–Crippen LogP) is 4.15. The Morgan fingerprint density at radius 1 is 1.23 bits per heavy atom. The number of carbonyl (C=O) groups is 1. The third kappa shape index (κ3) is 3.56. The van der Waals surface area contributed by atoms with E-state index >= 15 is 0 Å². The molecule has 2 heterocycles. The summed E-state index contributed by atoms with van der Waals surface area (Å²) in [6, 6.07) is 7.71. The Morgan fingerprint density at radius 3 is 2.65 bits per heavy atom. The van der Waals surface area contributed by atoms with Crippen molar-refractivity contribution in [3.8, 4) is 11.3 Å². The van der Waals surface area contributed by atoms with Crippen LogP contribution < -0.4 is 5.32 Å². The number of aromatic amines is 1. The molecule has 0 fully saturated rings. The highest BCUT2D eigenvalue weighted by Gasteiger charge is 2.20. The average Bonchev–Trinajstić information content (AvgIpc) is 2.92. The zero-order valence-electron chi connectivity index (χ0n) is 14.8. The maximum atomic E-state index is 13.0. The minimum atomic E-state index is -0.391. The van der Waals surface area contributed by atoms with Gasteiger partial charge in [0.25, 0.3) is 0 Å². The summed E-state index contributed by atoms with van der Waals surface area (Å²) in [5.41, 5.74) is 4.19. The summed E-state index contributed by atoms with van der Waals surface area (Å²) in [4.78, 5) is 23.9. The summed E-state index contributed by atoms with van der Waals surface area (Å²) in [7, 11) is 0. The van der Waals surface area contributed by atoms with Gasteiger partial charge in [-0.3, -0.25) is 0 Å². The third-order valence-electron chi connectivity index (χ3n) is 3.93. The first kappa shape index (κ1) is 17.6. The number of nitrogens with zero attached hydrogens (tertiary/aromatic N) is 2. The van der Waals surface area contributed by atoms with Crippen molar-refractivity contribution < 1.29 is 13.9 Å². The van der Waals surface area contributed by atoms with E-state index in [1.54, 1.807) is 31.3 Å². The zero-order chi connectivity index (χ0) is 18.7. The number of ether oxygens (including phenoxy) is 1. The normalized spacial score (nSPS) is 10.6. The van der Waals surface area contributed by atoms with Crippen LogP contribution in [0.25, 0.3) is 11.3 Å². The predicted molar refractivity (Wildman–Crippen MR) is 96.9 cm³/mol. The molecule has 2 N–H and O–H groups in total. The van der Waals surface area contributed by atoms with Crippen LogP contribution in [0.2, 0.25) is 0 Å². The van der Waals surface area contributed by atoms with Gasteiger partial charge in [-0.2, -0.15) is 0 Å². The molecule has 0 aliphatic carbocycles. The van der Waals surface area contributed by atoms with Crippen LogP contribution in [0.1, 0.15) is 28.7 Å². The van der Waals surface area contributed by atoms with E-state index in [9.17, 15) is 9.18 Å². The lowest BCUT2D eigenvalue weighted by atomic mass is 10.1. The Hall–Kier alpha value is -3.22. The van der Waals surface area contributed by atoms with Crippen LogP contribution in [0, 0.1) is 19.7 Å². The van der Waals surface area contributed by atoms with Gasteiger partial charge in [-0.15, -0.1) is 0 Å².